The first-order chi connectivity index (χ1) is 12.7. The molecule has 0 aliphatic heterocycles. The fourth-order valence-electron chi connectivity index (χ4n) is 3.32. The number of aromatic amines is 1. The minimum atomic E-state index is -0.204. The van der Waals surface area contributed by atoms with E-state index in [1.54, 1.807) is 0 Å². The van der Waals surface area contributed by atoms with Gasteiger partial charge in [-0.3, -0.25) is 9.89 Å². The molecule has 1 aromatic heterocycles. The number of rotatable bonds is 7. The molecule has 1 aliphatic carbocycles. The van der Waals surface area contributed by atoms with Crippen LogP contribution in [0.25, 0.3) is 11.4 Å². The van der Waals surface area contributed by atoms with E-state index in [9.17, 15) is 4.79 Å². The maximum Gasteiger partial charge on any atom is 0.233 e. The third kappa shape index (κ3) is 5.10. The van der Waals surface area contributed by atoms with Crippen LogP contribution in [0.5, 0.6) is 0 Å². The zero-order valence-corrected chi connectivity index (χ0v) is 16.4. The third-order valence-electron chi connectivity index (χ3n) is 5.04. The lowest BCUT2D eigenvalue weighted by Crippen LogP contribution is -2.35. The molecule has 1 aromatic carbocycles. The fraction of sp³-hybridized carbons (Fsp3) is 0.550. The van der Waals surface area contributed by atoms with Crippen LogP contribution in [-0.2, 0) is 11.2 Å². The molecule has 0 saturated heterocycles. The third-order valence-corrected chi connectivity index (χ3v) is 6.00. The largest absolute Gasteiger partial charge is 0.355 e. The second-order valence-corrected chi connectivity index (χ2v) is 8.33. The van der Waals surface area contributed by atoms with Crippen LogP contribution < -0.4 is 5.32 Å². The summed E-state index contributed by atoms with van der Waals surface area (Å²) in [6.07, 6.45) is 7.43. The first-order valence-corrected chi connectivity index (χ1v) is 10.5. The molecule has 1 fully saturated rings. The normalized spacial score (nSPS) is 16.4. The van der Waals surface area contributed by atoms with Gasteiger partial charge in [-0.15, -0.1) is 5.10 Å². The van der Waals surface area contributed by atoms with Crippen LogP contribution in [0.2, 0.25) is 0 Å². The average Bonchev–Trinajstić information content (AvgIpc) is 3.15. The number of aromatic nitrogens is 3. The molecule has 5 nitrogen and oxygen atoms in total. The van der Waals surface area contributed by atoms with Gasteiger partial charge in [0.05, 0.1) is 5.25 Å². The maximum absolute atomic E-state index is 12.3. The number of aryl methyl sites for hydroxylation is 1. The Kier molecular flexibility index (Phi) is 6.72. The van der Waals surface area contributed by atoms with E-state index < -0.39 is 0 Å². The van der Waals surface area contributed by atoms with Gasteiger partial charge in [0.1, 0.15) is 0 Å². The molecule has 1 heterocycles. The molecule has 1 saturated carbocycles. The lowest BCUT2D eigenvalue weighted by molar-refractivity contribution is -0.120. The maximum atomic E-state index is 12.3. The van der Waals surface area contributed by atoms with E-state index in [-0.39, 0.29) is 11.2 Å². The van der Waals surface area contributed by atoms with Gasteiger partial charge in [0.25, 0.3) is 0 Å². The van der Waals surface area contributed by atoms with Crippen molar-refractivity contribution >= 4 is 17.7 Å². The van der Waals surface area contributed by atoms with Crippen molar-refractivity contribution in [2.24, 2.45) is 5.92 Å². The second kappa shape index (κ2) is 9.21. The van der Waals surface area contributed by atoms with E-state index in [4.69, 9.17) is 0 Å². The van der Waals surface area contributed by atoms with E-state index in [0.29, 0.717) is 11.1 Å². The molecule has 6 heteroatoms. The number of nitrogens with one attached hydrogen (secondary N) is 2. The van der Waals surface area contributed by atoms with Crippen molar-refractivity contribution in [2.45, 2.75) is 62.8 Å². The smallest absolute Gasteiger partial charge is 0.233 e. The zero-order chi connectivity index (χ0) is 18.4. The summed E-state index contributed by atoms with van der Waals surface area (Å²) in [5, 5.41) is 10.7. The van der Waals surface area contributed by atoms with Crippen molar-refractivity contribution in [3.8, 4) is 11.4 Å². The van der Waals surface area contributed by atoms with Gasteiger partial charge in [-0.25, -0.2) is 4.98 Å². The number of H-pyrrole nitrogens is 1. The number of hydrogen-bond donors (Lipinski definition) is 2. The SMILES string of the molecule is CCc1ccc(-c2nc(SC(C)C(=O)NCC3CCCCC3)n[nH]2)cc1. The number of amides is 1. The quantitative estimate of drug-likeness (QED) is 0.714. The van der Waals surface area contributed by atoms with Crippen LogP contribution in [0, 0.1) is 5.92 Å². The summed E-state index contributed by atoms with van der Waals surface area (Å²) >= 11 is 1.40. The van der Waals surface area contributed by atoms with Crippen molar-refractivity contribution in [1.29, 1.82) is 0 Å². The number of thioether (sulfide) groups is 1. The van der Waals surface area contributed by atoms with Crippen molar-refractivity contribution in [3.05, 3.63) is 29.8 Å². The van der Waals surface area contributed by atoms with Gasteiger partial charge in [-0.2, -0.15) is 0 Å². The highest BCUT2D eigenvalue weighted by Gasteiger charge is 2.19. The standard InChI is InChI=1S/C20H28N4OS/c1-3-15-9-11-17(12-10-15)18-22-20(24-23-18)26-14(2)19(25)21-13-16-7-5-4-6-8-16/h9-12,14,16H,3-8,13H2,1-2H3,(H,21,25)(H,22,23,24). The van der Waals surface area contributed by atoms with E-state index in [0.717, 1.165) is 24.4 Å². The Hall–Kier alpha value is -1.82. The summed E-state index contributed by atoms with van der Waals surface area (Å²) in [6.45, 7) is 4.85. The molecule has 140 valence electrons. The Morgan fingerprint density at radius 3 is 2.69 bits per heavy atom. The predicted octanol–water partition coefficient (Wildman–Crippen LogP) is 4.21. The molecule has 0 radical (unpaired) electrons. The van der Waals surface area contributed by atoms with Crippen molar-refractivity contribution < 1.29 is 4.79 Å². The van der Waals surface area contributed by atoms with E-state index in [1.165, 1.54) is 49.4 Å². The average molecular weight is 373 g/mol. The molecule has 1 aliphatic rings. The van der Waals surface area contributed by atoms with Gasteiger partial charge >= 0.3 is 0 Å². The summed E-state index contributed by atoms with van der Waals surface area (Å²) in [5.41, 5.74) is 2.31. The Labute approximate surface area is 159 Å². The van der Waals surface area contributed by atoms with E-state index >= 15 is 0 Å². The van der Waals surface area contributed by atoms with Crippen molar-refractivity contribution in [2.75, 3.05) is 6.54 Å². The number of benzene rings is 1. The highest BCUT2D eigenvalue weighted by Crippen LogP contribution is 2.25. The number of hydrogen-bond acceptors (Lipinski definition) is 4. The van der Waals surface area contributed by atoms with Crippen LogP contribution in [0.1, 0.15) is 51.5 Å². The van der Waals surface area contributed by atoms with Gasteiger partial charge in [-0.1, -0.05) is 62.2 Å². The molecule has 2 N–H and O–H groups in total. The first kappa shape index (κ1) is 19.0. The zero-order valence-electron chi connectivity index (χ0n) is 15.6. The minimum Gasteiger partial charge on any atom is -0.355 e. The van der Waals surface area contributed by atoms with Crippen LogP contribution >= 0.6 is 11.8 Å². The molecular weight excluding hydrogens is 344 g/mol. The number of carbonyl (C=O) groups excluding carboxylic acids is 1. The van der Waals surface area contributed by atoms with Crippen molar-refractivity contribution in [1.82, 2.24) is 20.5 Å². The van der Waals surface area contributed by atoms with Crippen LogP contribution in [0.15, 0.2) is 29.4 Å². The topological polar surface area (TPSA) is 70.7 Å². The van der Waals surface area contributed by atoms with Gasteiger partial charge < -0.3 is 5.32 Å². The molecule has 0 bridgehead atoms. The molecule has 1 atom stereocenters. The van der Waals surface area contributed by atoms with Gasteiger partial charge in [-0.05, 0) is 37.7 Å². The predicted molar refractivity (Wildman–Crippen MR) is 106 cm³/mol. The van der Waals surface area contributed by atoms with Crippen LogP contribution in [0.4, 0.5) is 0 Å². The Morgan fingerprint density at radius 2 is 2.00 bits per heavy atom. The van der Waals surface area contributed by atoms with Gasteiger partial charge in [0, 0.05) is 12.1 Å². The Morgan fingerprint density at radius 1 is 1.27 bits per heavy atom. The molecule has 1 amide bonds. The summed E-state index contributed by atoms with van der Waals surface area (Å²) < 4.78 is 0. The second-order valence-electron chi connectivity index (χ2n) is 7.03. The summed E-state index contributed by atoms with van der Waals surface area (Å²) in [7, 11) is 0. The van der Waals surface area contributed by atoms with Crippen molar-refractivity contribution in [3.63, 3.8) is 0 Å². The molecule has 3 rings (SSSR count). The summed E-state index contributed by atoms with van der Waals surface area (Å²) in [6, 6.07) is 8.31. The molecule has 2 aromatic rings. The fourth-order valence-corrected chi connectivity index (χ4v) is 4.07. The minimum absolute atomic E-state index is 0.0687. The molecule has 0 spiro atoms. The lowest BCUT2D eigenvalue weighted by Gasteiger charge is -2.22. The highest BCUT2D eigenvalue weighted by atomic mass is 32.2. The van der Waals surface area contributed by atoms with Crippen LogP contribution in [0.3, 0.4) is 0 Å². The Balaban J connectivity index is 1.51. The molecule has 26 heavy (non-hydrogen) atoms. The highest BCUT2D eigenvalue weighted by molar-refractivity contribution is 8.00. The molecule has 1 unspecified atom stereocenters. The summed E-state index contributed by atoms with van der Waals surface area (Å²) in [5.74, 6) is 1.45. The lowest BCUT2D eigenvalue weighted by atomic mass is 9.89. The van der Waals surface area contributed by atoms with E-state index in [2.05, 4.69) is 39.6 Å². The first-order valence-electron chi connectivity index (χ1n) is 9.61. The number of carbonyl (C=O) groups is 1. The summed E-state index contributed by atoms with van der Waals surface area (Å²) in [4.78, 5) is 16.9. The molecular formula is C20H28N4OS. The number of nitrogens with zero attached hydrogens (tertiary/aromatic N) is 2. The van der Waals surface area contributed by atoms with Crippen LogP contribution in [-0.4, -0.2) is 32.9 Å². The van der Waals surface area contributed by atoms with Gasteiger partial charge in [0.15, 0.2) is 5.82 Å². The van der Waals surface area contributed by atoms with Gasteiger partial charge in [0.2, 0.25) is 11.1 Å². The Bertz CT molecular complexity index is 707. The monoisotopic (exact) mass is 372 g/mol. The van der Waals surface area contributed by atoms with E-state index in [1.807, 2.05) is 19.1 Å².